The van der Waals surface area contributed by atoms with Gasteiger partial charge in [-0.25, -0.2) is 8.78 Å². The second kappa shape index (κ2) is 4.32. The molecule has 0 bridgehead atoms. The van der Waals surface area contributed by atoms with Crippen LogP contribution in [0.15, 0.2) is 12.3 Å². The van der Waals surface area contributed by atoms with Crippen molar-refractivity contribution in [3.8, 4) is 0 Å². The average Bonchev–Trinajstić information content (AvgIpc) is 2.16. The number of carbonyl (C=O) groups is 1. The van der Waals surface area contributed by atoms with Crippen molar-refractivity contribution in [2.45, 2.75) is 12.3 Å². The lowest BCUT2D eigenvalue weighted by Crippen LogP contribution is -2.14. The molecule has 76 valence electrons. The summed E-state index contributed by atoms with van der Waals surface area (Å²) in [5, 5.41) is 0. The number of primary amides is 1. The molecule has 1 aromatic rings. The molecule has 1 rings (SSSR count). The van der Waals surface area contributed by atoms with Crippen molar-refractivity contribution in [1.29, 1.82) is 0 Å². The van der Waals surface area contributed by atoms with Crippen LogP contribution in [-0.4, -0.2) is 10.9 Å². The van der Waals surface area contributed by atoms with Gasteiger partial charge in [-0.15, -0.1) is 11.6 Å². The minimum absolute atomic E-state index is 0.0648. The Labute approximate surface area is 83.9 Å². The number of nitrogens with two attached hydrogens (primary N) is 1. The molecular formula is C8H7ClF2N2O. The average molecular weight is 221 g/mol. The number of carbonyl (C=O) groups excluding carboxylic acids is 1. The molecule has 14 heavy (non-hydrogen) atoms. The fraction of sp³-hybridized carbons (Fsp3) is 0.250. The topological polar surface area (TPSA) is 56.0 Å². The number of hydrogen-bond donors (Lipinski definition) is 1. The van der Waals surface area contributed by atoms with Gasteiger partial charge < -0.3 is 5.73 Å². The number of rotatable bonds is 3. The SMILES string of the molecule is NC(=O)c1cc(CCl)c(C(F)F)cn1. The Bertz CT molecular complexity index is 357. The predicted molar refractivity (Wildman–Crippen MR) is 47.3 cm³/mol. The van der Waals surface area contributed by atoms with Crippen LogP contribution in [0.3, 0.4) is 0 Å². The Morgan fingerprint density at radius 3 is 2.71 bits per heavy atom. The van der Waals surface area contributed by atoms with E-state index in [1.807, 2.05) is 0 Å². The van der Waals surface area contributed by atoms with E-state index in [1.165, 1.54) is 6.07 Å². The monoisotopic (exact) mass is 220 g/mol. The lowest BCUT2D eigenvalue weighted by Gasteiger charge is -2.06. The van der Waals surface area contributed by atoms with Gasteiger partial charge in [-0.2, -0.15) is 0 Å². The number of amides is 1. The molecule has 0 aliphatic heterocycles. The second-order valence-electron chi connectivity index (χ2n) is 2.57. The third-order valence-corrected chi connectivity index (χ3v) is 1.94. The number of halogens is 3. The third-order valence-electron chi connectivity index (χ3n) is 1.66. The van der Waals surface area contributed by atoms with Gasteiger partial charge in [0, 0.05) is 17.6 Å². The Morgan fingerprint density at radius 2 is 2.29 bits per heavy atom. The molecule has 0 aromatic carbocycles. The van der Waals surface area contributed by atoms with E-state index in [0.717, 1.165) is 6.20 Å². The number of nitrogens with zero attached hydrogens (tertiary/aromatic N) is 1. The summed E-state index contributed by atoms with van der Waals surface area (Å²) in [4.78, 5) is 14.2. The van der Waals surface area contributed by atoms with E-state index in [-0.39, 0.29) is 22.7 Å². The van der Waals surface area contributed by atoms with Crippen molar-refractivity contribution in [3.63, 3.8) is 0 Å². The molecule has 0 aliphatic carbocycles. The molecule has 0 radical (unpaired) electrons. The van der Waals surface area contributed by atoms with E-state index < -0.39 is 12.3 Å². The summed E-state index contributed by atoms with van der Waals surface area (Å²) >= 11 is 5.44. The van der Waals surface area contributed by atoms with E-state index >= 15 is 0 Å². The van der Waals surface area contributed by atoms with Crippen molar-refractivity contribution in [2.24, 2.45) is 5.73 Å². The van der Waals surface area contributed by atoms with Crippen molar-refractivity contribution in [1.82, 2.24) is 4.98 Å². The number of hydrogen-bond acceptors (Lipinski definition) is 2. The maximum atomic E-state index is 12.3. The van der Waals surface area contributed by atoms with Crippen LogP contribution in [0.1, 0.15) is 28.0 Å². The highest BCUT2D eigenvalue weighted by molar-refractivity contribution is 6.17. The Balaban J connectivity index is 3.18. The zero-order valence-corrected chi connectivity index (χ0v) is 7.76. The fourth-order valence-corrected chi connectivity index (χ4v) is 1.19. The van der Waals surface area contributed by atoms with Crippen LogP contribution < -0.4 is 5.73 Å². The van der Waals surface area contributed by atoms with Crippen LogP contribution in [0.25, 0.3) is 0 Å². The summed E-state index contributed by atoms with van der Waals surface area (Å²) in [5.74, 6) is -0.875. The molecule has 2 N–H and O–H groups in total. The maximum Gasteiger partial charge on any atom is 0.267 e. The standard InChI is InChI=1S/C8H7ClF2N2O/c9-2-4-1-6(8(12)14)13-3-5(4)7(10)11/h1,3,7H,2H2,(H2,12,14). The molecule has 0 unspecified atom stereocenters. The van der Waals surface area contributed by atoms with E-state index in [2.05, 4.69) is 4.98 Å². The van der Waals surface area contributed by atoms with Crippen LogP contribution in [0.2, 0.25) is 0 Å². The quantitative estimate of drug-likeness (QED) is 0.791. The van der Waals surface area contributed by atoms with Crippen LogP contribution >= 0.6 is 11.6 Å². The molecule has 6 heteroatoms. The zero-order chi connectivity index (χ0) is 10.7. The molecule has 0 saturated carbocycles. The minimum atomic E-state index is -2.65. The zero-order valence-electron chi connectivity index (χ0n) is 7.01. The molecule has 0 aliphatic rings. The fourth-order valence-electron chi connectivity index (χ4n) is 0.955. The molecule has 0 saturated heterocycles. The van der Waals surface area contributed by atoms with Crippen LogP contribution in [-0.2, 0) is 5.88 Å². The number of pyridine rings is 1. The van der Waals surface area contributed by atoms with Gasteiger partial charge in [0.05, 0.1) is 0 Å². The summed E-state index contributed by atoms with van der Waals surface area (Å²) in [5.41, 5.74) is 4.77. The van der Waals surface area contributed by atoms with Gasteiger partial charge in [0.15, 0.2) is 0 Å². The molecular weight excluding hydrogens is 214 g/mol. The largest absolute Gasteiger partial charge is 0.364 e. The lowest BCUT2D eigenvalue weighted by atomic mass is 10.1. The first-order valence-electron chi connectivity index (χ1n) is 3.69. The van der Waals surface area contributed by atoms with E-state index in [4.69, 9.17) is 17.3 Å². The van der Waals surface area contributed by atoms with Crippen molar-refractivity contribution >= 4 is 17.5 Å². The third kappa shape index (κ3) is 2.17. The first-order valence-corrected chi connectivity index (χ1v) is 4.22. The highest BCUT2D eigenvalue weighted by atomic mass is 35.5. The maximum absolute atomic E-state index is 12.3. The van der Waals surface area contributed by atoms with Crippen LogP contribution in [0, 0.1) is 0 Å². The minimum Gasteiger partial charge on any atom is -0.364 e. The molecule has 1 amide bonds. The molecule has 3 nitrogen and oxygen atoms in total. The Morgan fingerprint density at radius 1 is 1.64 bits per heavy atom. The molecule has 0 atom stereocenters. The first kappa shape index (κ1) is 10.8. The normalized spacial score (nSPS) is 10.6. The molecule has 1 heterocycles. The van der Waals surface area contributed by atoms with Crippen LogP contribution in [0.5, 0.6) is 0 Å². The Kier molecular flexibility index (Phi) is 3.35. The second-order valence-corrected chi connectivity index (χ2v) is 2.83. The summed E-state index contributed by atoms with van der Waals surface area (Å²) in [6.07, 6.45) is -1.74. The van der Waals surface area contributed by atoms with Gasteiger partial charge in [0.2, 0.25) is 0 Å². The summed E-state index contributed by atoms with van der Waals surface area (Å²) in [7, 11) is 0. The predicted octanol–water partition coefficient (Wildman–Crippen LogP) is 1.86. The van der Waals surface area contributed by atoms with Gasteiger partial charge in [-0.3, -0.25) is 9.78 Å². The molecule has 1 aromatic heterocycles. The molecule has 0 fully saturated rings. The Hall–Kier alpha value is -1.23. The van der Waals surface area contributed by atoms with Crippen molar-refractivity contribution in [2.75, 3.05) is 0 Å². The molecule has 0 spiro atoms. The van der Waals surface area contributed by atoms with Crippen LogP contribution in [0.4, 0.5) is 8.78 Å². The summed E-state index contributed by atoms with van der Waals surface area (Å²) in [6.45, 7) is 0. The summed E-state index contributed by atoms with van der Waals surface area (Å²) < 4.78 is 24.7. The highest BCUT2D eigenvalue weighted by Crippen LogP contribution is 2.23. The van der Waals surface area contributed by atoms with Crippen molar-refractivity contribution in [3.05, 3.63) is 29.1 Å². The first-order chi connectivity index (χ1) is 6.56. The van der Waals surface area contributed by atoms with E-state index in [0.29, 0.717) is 0 Å². The number of alkyl halides is 3. The van der Waals surface area contributed by atoms with Gasteiger partial charge in [0.1, 0.15) is 5.69 Å². The highest BCUT2D eigenvalue weighted by Gasteiger charge is 2.14. The lowest BCUT2D eigenvalue weighted by molar-refractivity contribution is 0.0994. The van der Waals surface area contributed by atoms with Gasteiger partial charge in [0.25, 0.3) is 12.3 Å². The van der Waals surface area contributed by atoms with Crippen molar-refractivity contribution < 1.29 is 13.6 Å². The smallest absolute Gasteiger partial charge is 0.267 e. The van der Waals surface area contributed by atoms with Gasteiger partial charge >= 0.3 is 0 Å². The van der Waals surface area contributed by atoms with E-state index in [1.54, 1.807) is 0 Å². The summed E-state index contributed by atoms with van der Waals surface area (Å²) in [6, 6.07) is 1.18. The van der Waals surface area contributed by atoms with Gasteiger partial charge in [-0.1, -0.05) is 0 Å². The van der Waals surface area contributed by atoms with Gasteiger partial charge in [-0.05, 0) is 11.6 Å². The van der Waals surface area contributed by atoms with E-state index in [9.17, 15) is 13.6 Å². The number of aromatic nitrogens is 1.